The molecule has 0 atom stereocenters. The number of H-pyrrole nitrogens is 2. The number of aryl methyl sites for hydroxylation is 2. The van der Waals surface area contributed by atoms with Crippen LogP contribution >= 0.6 is 0 Å². The van der Waals surface area contributed by atoms with E-state index in [4.69, 9.17) is 0 Å². The molecule has 1 aromatic carbocycles. The van der Waals surface area contributed by atoms with Crippen LogP contribution in [0.5, 0.6) is 0 Å². The van der Waals surface area contributed by atoms with Crippen molar-refractivity contribution in [3.05, 3.63) is 47.0 Å². The molecule has 2 heterocycles. The lowest BCUT2D eigenvalue weighted by Crippen LogP contribution is -2.24. The van der Waals surface area contributed by atoms with E-state index in [-0.39, 0.29) is 5.91 Å². The normalized spacial score (nSPS) is 10.9. The van der Waals surface area contributed by atoms with Crippen LogP contribution in [0.15, 0.2) is 24.3 Å². The second kappa shape index (κ2) is 4.80. The summed E-state index contributed by atoms with van der Waals surface area (Å²) >= 11 is 0. The van der Waals surface area contributed by atoms with Gasteiger partial charge in [0.15, 0.2) is 0 Å². The number of aromatic nitrogens is 4. The summed E-state index contributed by atoms with van der Waals surface area (Å²) in [4.78, 5) is 19.7. The van der Waals surface area contributed by atoms with Gasteiger partial charge in [0.1, 0.15) is 5.82 Å². The predicted octanol–water partition coefficient (Wildman–Crippen LogP) is 1.83. The summed E-state index contributed by atoms with van der Waals surface area (Å²) in [6.07, 6.45) is 0. The Bertz CT molecular complexity index is 718. The van der Waals surface area contributed by atoms with Crippen LogP contribution in [-0.4, -0.2) is 26.1 Å². The quantitative estimate of drug-likeness (QED) is 0.678. The van der Waals surface area contributed by atoms with Gasteiger partial charge < -0.3 is 10.3 Å². The molecule has 0 unspecified atom stereocenters. The molecule has 0 radical (unpaired) electrons. The Labute approximate surface area is 115 Å². The molecule has 3 N–H and O–H groups in total. The maximum absolute atomic E-state index is 12.1. The largest absolute Gasteiger partial charge is 0.345 e. The molecule has 6 nitrogen and oxygen atoms in total. The monoisotopic (exact) mass is 269 g/mol. The van der Waals surface area contributed by atoms with Crippen molar-refractivity contribution in [2.75, 3.05) is 0 Å². The predicted molar refractivity (Wildman–Crippen MR) is 75.3 cm³/mol. The molecule has 0 aliphatic rings. The van der Waals surface area contributed by atoms with E-state index in [1.807, 2.05) is 31.2 Å². The van der Waals surface area contributed by atoms with Gasteiger partial charge in [0.05, 0.1) is 28.8 Å². The summed E-state index contributed by atoms with van der Waals surface area (Å²) in [6, 6.07) is 7.77. The second-order valence-electron chi connectivity index (χ2n) is 4.69. The third-order valence-corrected chi connectivity index (χ3v) is 3.21. The highest BCUT2D eigenvalue weighted by molar-refractivity contribution is 5.96. The van der Waals surface area contributed by atoms with E-state index >= 15 is 0 Å². The number of hydrogen-bond donors (Lipinski definition) is 3. The van der Waals surface area contributed by atoms with Crippen molar-refractivity contribution < 1.29 is 4.79 Å². The van der Waals surface area contributed by atoms with Crippen molar-refractivity contribution in [3.63, 3.8) is 0 Å². The molecule has 102 valence electrons. The van der Waals surface area contributed by atoms with Gasteiger partial charge in [-0.3, -0.25) is 9.89 Å². The summed E-state index contributed by atoms with van der Waals surface area (Å²) in [5.74, 6) is 0.590. The number of fused-ring (bicyclic) bond motifs is 1. The average Bonchev–Trinajstić information content (AvgIpc) is 2.99. The van der Waals surface area contributed by atoms with Gasteiger partial charge in [-0.1, -0.05) is 12.1 Å². The maximum Gasteiger partial charge on any atom is 0.255 e. The van der Waals surface area contributed by atoms with Crippen LogP contribution in [0.1, 0.15) is 27.6 Å². The molecule has 0 fully saturated rings. The van der Waals surface area contributed by atoms with E-state index in [1.165, 1.54) is 0 Å². The molecule has 20 heavy (non-hydrogen) atoms. The van der Waals surface area contributed by atoms with Gasteiger partial charge in [-0.15, -0.1) is 0 Å². The zero-order valence-electron chi connectivity index (χ0n) is 11.3. The lowest BCUT2D eigenvalue weighted by Gasteiger charge is -2.03. The van der Waals surface area contributed by atoms with Crippen LogP contribution in [0.2, 0.25) is 0 Å². The molecule has 0 aliphatic carbocycles. The van der Waals surface area contributed by atoms with Crippen LogP contribution in [0.3, 0.4) is 0 Å². The number of imidazole rings is 1. The third-order valence-electron chi connectivity index (χ3n) is 3.21. The molecular formula is C14H15N5O. The molecule has 0 bridgehead atoms. The van der Waals surface area contributed by atoms with E-state index in [2.05, 4.69) is 25.5 Å². The smallest absolute Gasteiger partial charge is 0.255 e. The summed E-state index contributed by atoms with van der Waals surface area (Å²) in [7, 11) is 0. The van der Waals surface area contributed by atoms with Gasteiger partial charge in [-0.25, -0.2) is 4.98 Å². The van der Waals surface area contributed by atoms with Gasteiger partial charge in [0.2, 0.25) is 0 Å². The Morgan fingerprint density at radius 2 is 2.10 bits per heavy atom. The van der Waals surface area contributed by atoms with Gasteiger partial charge in [0.25, 0.3) is 5.91 Å². The molecule has 3 aromatic rings. The zero-order chi connectivity index (χ0) is 14.1. The van der Waals surface area contributed by atoms with Crippen LogP contribution in [0.25, 0.3) is 11.0 Å². The number of nitrogens with zero attached hydrogens (tertiary/aromatic N) is 2. The molecule has 0 saturated carbocycles. The van der Waals surface area contributed by atoms with Gasteiger partial charge in [-0.05, 0) is 26.0 Å². The molecular weight excluding hydrogens is 254 g/mol. The highest BCUT2D eigenvalue weighted by Crippen LogP contribution is 2.11. The summed E-state index contributed by atoms with van der Waals surface area (Å²) < 4.78 is 0. The van der Waals surface area contributed by atoms with E-state index in [9.17, 15) is 4.79 Å². The number of carbonyl (C=O) groups is 1. The first kappa shape index (κ1) is 12.4. The number of nitrogens with one attached hydrogen (secondary N) is 3. The van der Waals surface area contributed by atoms with Crippen LogP contribution in [0, 0.1) is 13.8 Å². The molecule has 1 amide bonds. The molecule has 0 aliphatic heterocycles. The van der Waals surface area contributed by atoms with E-state index in [0.717, 1.165) is 22.6 Å². The fraction of sp³-hybridized carbons (Fsp3) is 0.214. The SMILES string of the molecule is Cc1n[nH]c(C)c1C(=O)NCc1nc2ccccc2[nH]1. The minimum absolute atomic E-state index is 0.144. The van der Waals surface area contributed by atoms with Crippen molar-refractivity contribution in [1.29, 1.82) is 0 Å². The van der Waals surface area contributed by atoms with Gasteiger partial charge in [0, 0.05) is 5.69 Å². The van der Waals surface area contributed by atoms with Crippen molar-refractivity contribution in [1.82, 2.24) is 25.5 Å². The minimum Gasteiger partial charge on any atom is -0.345 e. The lowest BCUT2D eigenvalue weighted by molar-refractivity contribution is 0.0949. The Hall–Kier alpha value is -2.63. The molecule has 0 spiro atoms. The van der Waals surface area contributed by atoms with Crippen LogP contribution in [0.4, 0.5) is 0 Å². The minimum atomic E-state index is -0.144. The fourth-order valence-corrected chi connectivity index (χ4v) is 2.23. The fourth-order valence-electron chi connectivity index (χ4n) is 2.23. The van der Waals surface area contributed by atoms with Crippen LogP contribution < -0.4 is 5.32 Å². The second-order valence-corrected chi connectivity index (χ2v) is 4.69. The Kier molecular flexibility index (Phi) is 2.98. The van der Waals surface area contributed by atoms with Crippen molar-refractivity contribution in [3.8, 4) is 0 Å². The lowest BCUT2D eigenvalue weighted by atomic mass is 10.2. The molecule has 0 saturated heterocycles. The third kappa shape index (κ3) is 2.16. The van der Waals surface area contributed by atoms with E-state index < -0.39 is 0 Å². The first-order valence-electron chi connectivity index (χ1n) is 6.38. The van der Waals surface area contributed by atoms with Gasteiger partial charge in [-0.2, -0.15) is 5.10 Å². The summed E-state index contributed by atoms with van der Waals surface area (Å²) in [5.41, 5.74) is 3.93. The first-order valence-corrected chi connectivity index (χ1v) is 6.38. The number of rotatable bonds is 3. The molecule has 2 aromatic heterocycles. The van der Waals surface area contributed by atoms with E-state index in [0.29, 0.717) is 17.8 Å². The molecule has 3 rings (SSSR count). The van der Waals surface area contributed by atoms with Crippen LogP contribution in [-0.2, 0) is 6.54 Å². The maximum atomic E-state index is 12.1. The number of amides is 1. The Balaban J connectivity index is 1.74. The summed E-state index contributed by atoms with van der Waals surface area (Å²) in [6.45, 7) is 3.99. The van der Waals surface area contributed by atoms with Crippen molar-refractivity contribution >= 4 is 16.9 Å². The zero-order valence-corrected chi connectivity index (χ0v) is 11.3. The highest BCUT2D eigenvalue weighted by atomic mass is 16.1. The Morgan fingerprint density at radius 1 is 1.30 bits per heavy atom. The highest BCUT2D eigenvalue weighted by Gasteiger charge is 2.15. The molecule has 6 heteroatoms. The van der Waals surface area contributed by atoms with Gasteiger partial charge >= 0.3 is 0 Å². The number of benzene rings is 1. The topological polar surface area (TPSA) is 86.5 Å². The number of hydrogen-bond acceptors (Lipinski definition) is 3. The number of para-hydroxylation sites is 2. The van der Waals surface area contributed by atoms with E-state index in [1.54, 1.807) is 6.92 Å². The first-order chi connectivity index (χ1) is 9.65. The average molecular weight is 269 g/mol. The Morgan fingerprint density at radius 3 is 2.80 bits per heavy atom. The van der Waals surface area contributed by atoms with Crippen molar-refractivity contribution in [2.24, 2.45) is 0 Å². The number of carbonyl (C=O) groups excluding carboxylic acids is 1. The summed E-state index contributed by atoms with van der Waals surface area (Å²) in [5, 5.41) is 9.67. The van der Waals surface area contributed by atoms with Crippen molar-refractivity contribution in [2.45, 2.75) is 20.4 Å². The number of aromatic amines is 2. The standard InChI is InChI=1S/C14H15N5O/c1-8-13(9(2)19-18-8)14(20)15-7-12-16-10-5-3-4-6-11(10)17-12/h3-6H,7H2,1-2H3,(H,15,20)(H,16,17)(H,18,19).